The Morgan fingerprint density at radius 1 is 1.20 bits per heavy atom. The molecule has 2 rings (SSSR count). The lowest BCUT2D eigenvalue weighted by Crippen LogP contribution is -2.30. The van der Waals surface area contributed by atoms with Crippen LogP contribution in [0.3, 0.4) is 0 Å². The smallest absolute Gasteiger partial charge is 0.260 e. The van der Waals surface area contributed by atoms with Gasteiger partial charge in [-0.2, -0.15) is 0 Å². The van der Waals surface area contributed by atoms with Gasteiger partial charge in [-0.15, -0.1) is 0 Å². The fourth-order valence-corrected chi connectivity index (χ4v) is 1.74. The first-order chi connectivity index (χ1) is 9.58. The second-order valence-electron chi connectivity index (χ2n) is 4.24. The molecule has 1 amide bonds. The van der Waals surface area contributed by atoms with E-state index in [0.29, 0.717) is 13.0 Å². The number of aromatic hydroxyl groups is 2. The zero-order chi connectivity index (χ0) is 14.5. The van der Waals surface area contributed by atoms with Crippen LogP contribution in [-0.4, -0.2) is 27.6 Å². The molecule has 0 aliphatic rings. The van der Waals surface area contributed by atoms with Crippen LogP contribution in [0.15, 0.2) is 41.3 Å². The van der Waals surface area contributed by atoms with Gasteiger partial charge in [0.05, 0.1) is 0 Å². The Morgan fingerprint density at radius 2 is 2.00 bits per heavy atom. The van der Waals surface area contributed by atoms with Crippen LogP contribution in [0.5, 0.6) is 11.5 Å². The molecular formula is C14H14N2O4. The minimum absolute atomic E-state index is 0.0565. The molecule has 104 valence electrons. The van der Waals surface area contributed by atoms with Gasteiger partial charge in [-0.25, -0.2) is 0 Å². The quantitative estimate of drug-likeness (QED) is 0.618. The Hall–Kier alpha value is -2.76. The van der Waals surface area contributed by atoms with Gasteiger partial charge in [0.25, 0.3) is 11.5 Å². The lowest BCUT2D eigenvalue weighted by Gasteiger charge is -2.06. The molecule has 0 aliphatic carbocycles. The standard InChI is InChI=1S/C14H14N2O4/c17-11-4-3-9(8-12(11)18)5-7-16-14(20)10-2-1-6-15-13(10)19/h1-4,6,8,17-18H,5,7H2,(H,15,19)(H,16,20). The van der Waals surface area contributed by atoms with E-state index in [4.69, 9.17) is 0 Å². The lowest BCUT2D eigenvalue weighted by molar-refractivity contribution is 0.0952. The summed E-state index contributed by atoms with van der Waals surface area (Å²) in [6, 6.07) is 7.48. The Labute approximate surface area is 114 Å². The number of amides is 1. The first-order valence-electron chi connectivity index (χ1n) is 6.04. The largest absolute Gasteiger partial charge is 0.504 e. The van der Waals surface area contributed by atoms with Crippen LogP contribution in [0.2, 0.25) is 0 Å². The van der Waals surface area contributed by atoms with Crippen LogP contribution in [0.1, 0.15) is 15.9 Å². The third-order valence-corrected chi connectivity index (χ3v) is 2.80. The molecule has 4 N–H and O–H groups in total. The highest BCUT2D eigenvalue weighted by atomic mass is 16.3. The van der Waals surface area contributed by atoms with E-state index in [0.717, 1.165) is 5.56 Å². The molecule has 6 nitrogen and oxygen atoms in total. The SMILES string of the molecule is O=C(NCCc1ccc(O)c(O)c1)c1ccc[nH]c1=O. The van der Waals surface area contributed by atoms with Crippen LogP contribution >= 0.6 is 0 Å². The number of phenols is 2. The van der Waals surface area contributed by atoms with E-state index in [1.165, 1.54) is 24.4 Å². The van der Waals surface area contributed by atoms with Crippen molar-refractivity contribution in [2.24, 2.45) is 0 Å². The summed E-state index contributed by atoms with van der Waals surface area (Å²) in [6.45, 7) is 0.317. The molecule has 1 aromatic heterocycles. The number of hydrogen-bond acceptors (Lipinski definition) is 4. The molecule has 1 heterocycles. The molecule has 0 aliphatic heterocycles. The molecule has 2 aromatic rings. The third kappa shape index (κ3) is 3.17. The number of carbonyl (C=O) groups excluding carboxylic acids is 1. The maximum Gasteiger partial charge on any atom is 0.260 e. The molecule has 0 bridgehead atoms. The zero-order valence-electron chi connectivity index (χ0n) is 10.6. The predicted molar refractivity (Wildman–Crippen MR) is 72.9 cm³/mol. The number of pyridine rings is 1. The topological polar surface area (TPSA) is 102 Å². The second-order valence-corrected chi connectivity index (χ2v) is 4.24. The highest BCUT2D eigenvalue weighted by Crippen LogP contribution is 2.24. The molecule has 0 atom stereocenters. The number of aromatic nitrogens is 1. The van der Waals surface area contributed by atoms with E-state index in [1.807, 2.05) is 0 Å². The molecule has 0 spiro atoms. The maximum atomic E-state index is 11.8. The van der Waals surface area contributed by atoms with Gasteiger partial charge in [0.1, 0.15) is 5.56 Å². The third-order valence-electron chi connectivity index (χ3n) is 2.80. The summed E-state index contributed by atoms with van der Waals surface area (Å²) in [5, 5.41) is 21.1. The molecule has 0 saturated heterocycles. The fraction of sp³-hybridized carbons (Fsp3) is 0.143. The van der Waals surface area contributed by atoms with Gasteiger partial charge in [0.15, 0.2) is 11.5 Å². The van der Waals surface area contributed by atoms with E-state index < -0.39 is 11.5 Å². The highest BCUT2D eigenvalue weighted by molar-refractivity contribution is 5.93. The van der Waals surface area contributed by atoms with Crippen LogP contribution in [0.25, 0.3) is 0 Å². The minimum atomic E-state index is -0.449. The van der Waals surface area contributed by atoms with E-state index in [9.17, 15) is 19.8 Å². The van der Waals surface area contributed by atoms with E-state index in [1.54, 1.807) is 12.1 Å². The van der Waals surface area contributed by atoms with Gasteiger partial charge in [0, 0.05) is 12.7 Å². The number of benzene rings is 1. The molecule has 20 heavy (non-hydrogen) atoms. The maximum absolute atomic E-state index is 11.8. The number of aromatic amines is 1. The first kappa shape index (κ1) is 13.7. The summed E-state index contributed by atoms with van der Waals surface area (Å²) in [5.41, 5.74) is 0.385. The van der Waals surface area contributed by atoms with Crippen molar-refractivity contribution in [3.63, 3.8) is 0 Å². The summed E-state index contributed by atoms with van der Waals surface area (Å²) in [6.07, 6.45) is 1.93. The summed E-state index contributed by atoms with van der Waals surface area (Å²) < 4.78 is 0. The molecule has 0 fully saturated rings. The summed E-state index contributed by atoms with van der Waals surface area (Å²) in [5.74, 6) is -0.836. The average Bonchev–Trinajstić information content (AvgIpc) is 2.43. The molecular weight excluding hydrogens is 260 g/mol. The molecule has 0 unspecified atom stereocenters. The second kappa shape index (κ2) is 5.92. The summed E-state index contributed by atoms with van der Waals surface area (Å²) in [4.78, 5) is 25.6. The van der Waals surface area contributed by atoms with Crippen LogP contribution in [0.4, 0.5) is 0 Å². The lowest BCUT2D eigenvalue weighted by atomic mass is 10.1. The van der Waals surface area contributed by atoms with E-state index in [-0.39, 0.29) is 17.1 Å². The van der Waals surface area contributed by atoms with E-state index in [2.05, 4.69) is 10.3 Å². The average molecular weight is 274 g/mol. The molecule has 0 saturated carbocycles. The van der Waals surface area contributed by atoms with Crippen molar-refractivity contribution >= 4 is 5.91 Å². The Kier molecular flexibility index (Phi) is 4.05. The number of rotatable bonds is 4. The van der Waals surface area contributed by atoms with E-state index >= 15 is 0 Å². The van der Waals surface area contributed by atoms with Crippen LogP contribution < -0.4 is 10.9 Å². The van der Waals surface area contributed by atoms with Crippen molar-refractivity contribution in [1.29, 1.82) is 0 Å². The van der Waals surface area contributed by atoms with Crippen molar-refractivity contribution < 1.29 is 15.0 Å². The van der Waals surface area contributed by atoms with Gasteiger partial charge in [-0.3, -0.25) is 9.59 Å². The Morgan fingerprint density at radius 3 is 2.70 bits per heavy atom. The van der Waals surface area contributed by atoms with Crippen molar-refractivity contribution in [1.82, 2.24) is 10.3 Å². The first-order valence-corrected chi connectivity index (χ1v) is 6.04. The van der Waals surface area contributed by atoms with Crippen LogP contribution in [0, 0.1) is 0 Å². The number of carbonyl (C=O) groups is 1. The van der Waals surface area contributed by atoms with Gasteiger partial charge in [-0.1, -0.05) is 6.07 Å². The summed E-state index contributed by atoms with van der Waals surface area (Å²) >= 11 is 0. The minimum Gasteiger partial charge on any atom is -0.504 e. The normalized spacial score (nSPS) is 10.2. The number of H-pyrrole nitrogens is 1. The zero-order valence-corrected chi connectivity index (χ0v) is 10.6. The van der Waals surface area contributed by atoms with Crippen molar-refractivity contribution in [3.8, 4) is 11.5 Å². The van der Waals surface area contributed by atoms with Crippen molar-refractivity contribution in [3.05, 3.63) is 58.0 Å². The van der Waals surface area contributed by atoms with Crippen molar-refractivity contribution in [2.75, 3.05) is 6.54 Å². The Bertz CT molecular complexity index is 679. The highest BCUT2D eigenvalue weighted by Gasteiger charge is 2.08. The monoisotopic (exact) mass is 274 g/mol. The van der Waals surface area contributed by atoms with Gasteiger partial charge in [0.2, 0.25) is 0 Å². The fourth-order valence-electron chi connectivity index (χ4n) is 1.74. The molecule has 6 heteroatoms. The van der Waals surface area contributed by atoms with Gasteiger partial charge < -0.3 is 20.5 Å². The number of phenolic OH excluding ortho intramolecular Hbond substituents is 2. The molecule has 0 radical (unpaired) electrons. The Balaban J connectivity index is 1.93. The molecule has 1 aromatic carbocycles. The van der Waals surface area contributed by atoms with Gasteiger partial charge >= 0.3 is 0 Å². The summed E-state index contributed by atoms with van der Waals surface area (Å²) in [7, 11) is 0. The number of nitrogens with one attached hydrogen (secondary N) is 2. The van der Waals surface area contributed by atoms with Crippen molar-refractivity contribution in [2.45, 2.75) is 6.42 Å². The predicted octanol–water partition coefficient (Wildman–Crippen LogP) is 0.759. The van der Waals surface area contributed by atoms with Gasteiger partial charge in [-0.05, 0) is 36.2 Å². The van der Waals surface area contributed by atoms with Crippen LogP contribution in [-0.2, 0) is 6.42 Å². The number of hydrogen-bond donors (Lipinski definition) is 4.